The van der Waals surface area contributed by atoms with E-state index < -0.39 is 39.1 Å². The number of phosphoric acid groups is 1. The number of aromatic nitrogens is 2. The van der Waals surface area contributed by atoms with E-state index >= 15 is 0 Å². The Morgan fingerprint density at radius 2 is 2.26 bits per heavy atom. The van der Waals surface area contributed by atoms with Crippen LogP contribution < -0.4 is 11.3 Å². The highest BCUT2D eigenvalue weighted by atomic mass is 32.1. The molecule has 12 nitrogen and oxygen atoms in total. The number of H-pyrrole nitrogens is 1. The quantitative estimate of drug-likeness (QED) is 0.371. The van der Waals surface area contributed by atoms with E-state index in [-0.39, 0.29) is 30.1 Å². The number of hydrogen-bond donors (Lipinski definition) is 2. The second-order valence-corrected chi connectivity index (χ2v) is 9.92. The molecule has 0 spiro atoms. The van der Waals surface area contributed by atoms with Crippen molar-refractivity contribution in [1.82, 2.24) is 9.97 Å². The fourth-order valence-electron chi connectivity index (χ4n) is 3.45. The minimum absolute atomic E-state index is 0.00805. The van der Waals surface area contributed by atoms with Gasteiger partial charge in [-0.1, -0.05) is 6.92 Å². The molecule has 2 aliphatic rings. The maximum Gasteiger partial charge on any atom is 0.510 e. The number of nitrogens with two attached hydrogens (primary N) is 1. The summed E-state index contributed by atoms with van der Waals surface area (Å²) in [6.45, 7) is 4.49. The van der Waals surface area contributed by atoms with Crippen LogP contribution in [0.1, 0.15) is 31.8 Å². The van der Waals surface area contributed by atoms with Crippen LogP contribution in [0.2, 0.25) is 0 Å². The van der Waals surface area contributed by atoms with Crippen molar-refractivity contribution in [2.75, 3.05) is 19.1 Å². The van der Waals surface area contributed by atoms with Crippen molar-refractivity contribution in [3.05, 3.63) is 20.6 Å². The van der Waals surface area contributed by atoms with E-state index in [1.54, 1.807) is 19.2 Å². The van der Waals surface area contributed by atoms with E-state index in [9.17, 15) is 14.2 Å². The Labute approximate surface area is 180 Å². The minimum atomic E-state index is -3.98. The maximum atomic E-state index is 12.8. The first-order valence-electron chi connectivity index (χ1n) is 9.50. The molecule has 4 rings (SSSR count). The number of rotatable bonds is 5. The van der Waals surface area contributed by atoms with Crippen LogP contribution in [-0.2, 0) is 32.3 Å². The van der Waals surface area contributed by atoms with Gasteiger partial charge in [0.15, 0.2) is 0 Å². The molecule has 0 saturated carbocycles. The first-order chi connectivity index (χ1) is 14.7. The fourth-order valence-corrected chi connectivity index (χ4v) is 5.92. The standard InChI is InChI=1S/C17H22N3O9PS/c1-7(2)27-17(22)24-6-26-30(23)25-4-10-12(29-30)8(3)13(28-10)14-11-9(5-31-14)15(21)20-16(18)19-11/h5,7-8,10,12-13H,4,6H2,1-3H3,(H3,18,19,20,21)/t8-,10+,12-,13+,30?/m0/s1. The number of hydrogen-bond acceptors (Lipinski definition) is 12. The van der Waals surface area contributed by atoms with Crippen LogP contribution in [0.15, 0.2) is 10.2 Å². The third-order valence-electron chi connectivity index (χ3n) is 4.82. The number of nitrogens with zero attached hydrogens (tertiary/aromatic N) is 1. The van der Waals surface area contributed by atoms with Gasteiger partial charge in [0.2, 0.25) is 12.7 Å². The summed E-state index contributed by atoms with van der Waals surface area (Å²) in [5, 5.41) is 2.10. The molecule has 0 amide bonds. The summed E-state index contributed by atoms with van der Waals surface area (Å²) >= 11 is 1.32. The molecule has 2 aromatic rings. The molecule has 14 heteroatoms. The summed E-state index contributed by atoms with van der Waals surface area (Å²) in [4.78, 5) is 30.9. The molecule has 4 heterocycles. The predicted molar refractivity (Wildman–Crippen MR) is 109 cm³/mol. The summed E-state index contributed by atoms with van der Waals surface area (Å²) in [7, 11) is -3.98. The Balaban J connectivity index is 1.45. The molecule has 31 heavy (non-hydrogen) atoms. The summed E-state index contributed by atoms with van der Waals surface area (Å²) in [5.41, 5.74) is 5.81. The molecule has 170 valence electrons. The van der Waals surface area contributed by atoms with Crippen molar-refractivity contribution < 1.29 is 37.1 Å². The number of anilines is 1. The zero-order valence-corrected chi connectivity index (χ0v) is 18.6. The molecule has 0 radical (unpaired) electrons. The second-order valence-electron chi connectivity index (χ2n) is 7.39. The van der Waals surface area contributed by atoms with Crippen molar-refractivity contribution in [1.29, 1.82) is 0 Å². The molecular formula is C17H22N3O9PS. The van der Waals surface area contributed by atoms with Gasteiger partial charge in [-0.2, -0.15) is 0 Å². The number of nitrogens with one attached hydrogen (secondary N) is 1. The van der Waals surface area contributed by atoms with Crippen molar-refractivity contribution in [3.63, 3.8) is 0 Å². The lowest BCUT2D eigenvalue weighted by atomic mass is 9.97. The van der Waals surface area contributed by atoms with E-state index in [0.29, 0.717) is 15.8 Å². The molecule has 0 aliphatic carbocycles. The van der Waals surface area contributed by atoms with Crippen molar-refractivity contribution in [2.24, 2.45) is 5.92 Å². The average Bonchev–Trinajstić information content (AvgIpc) is 3.22. The summed E-state index contributed by atoms with van der Waals surface area (Å²) in [6, 6.07) is 0. The number of fused-ring (bicyclic) bond motifs is 2. The van der Waals surface area contributed by atoms with E-state index in [1.807, 2.05) is 6.92 Å². The lowest BCUT2D eigenvalue weighted by molar-refractivity contribution is -0.0758. The van der Waals surface area contributed by atoms with E-state index in [0.717, 1.165) is 0 Å². The molecule has 3 N–H and O–H groups in total. The molecule has 2 aliphatic heterocycles. The van der Waals surface area contributed by atoms with E-state index in [1.165, 1.54) is 11.3 Å². The number of phosphoric ester groups is 1. The van der Waals surface area contributed by atoms with Gasteiger partial charge >= 0.3 is 14.0 Å². The number of nitrogen functional groups attached to an aromatic ring is 1. The molecule has 1 unspecified atom stereocenters. The van der Waals surface area contributed by atoms with Crippen LogP contribution in [0.3, 0.4) is 0 Å². The van der Waals surface area contributed by atoms with Gasteiger partial charge in [-0.3, -0.25) is 18.8 Å². The zero-order chi connectivity index (χ0) is 22.3. The highest BCUT2D eigenvalue weighted by Crippen LogP contribution is 2.58. The van der Waals surface area contributed by atoms with Crippen LogP contribution in [0.4, 0.5) is 10.7 Å². The molecule has 2 saturated heterocycles. The number of ether oxygens (including phenoxy) is 3. The Morgan fingerprint density at radius 1 is 1.48 bits per heavy atom. The molecule has 0 aromatic carbocycles. The lowest BCUT2D eigenvalue weighted by Crippen LogP contribution is -2.36. The van der Waals surface area contributed by atoms with Gasteiger partial charge in [0, 0.05) is 11.3 Å². The van der Waals surface area contributed by atoms with E-state index in [4.69, 9.17) is 33.5 Å². The Hall–Kier alpha value is -2.02. The number of carbonyl (C=O) groups excluding carboxylic acids is 1. The monoisotopic (exact) mass is 475 g/mol. The Morgan fingerprint density at radius 3 is 3.00 bits per heavy atom. The normalized spacial score (nSPS) is 30.5. The van der Waals surface area contributed by atoms with Crippen LogP contribution in [0, 0.1) is 5.92 Å². The van der Waals surface area contributed by atoms with Gasteiger partial charge in [0.25, 0.3) is 5.56 Å². The van der Waals surface area contributed by atoms with Crippen LogP contribution in [0.25, 0.3) is 10.9 Å². The van der Waals surface area contributed by atoms with Crippen molar-refractivity contribution in [3.8, 4) is 0 Å². The minimum Gasteiger partial charge on any atom is -0.432 e. The molecule has 0 bridgehead atoms. The Kier molecular flexibility index (Phi) is 6.08. The van der Waals surface area contributed by atoms with Gasteiger partial charge < -0.3 is 19.9 Å². The number of carbonyl (C=O) groups is 1. The van der Waals surface area contributed by atoms with Gasteiger partial charge in [0.05, 0.1) is 34.6 Å². The van der Waals surface area contributed by atoms with Gasteiger partial charge in [0.1, 0.15) is 12.2 Å². The SMILES string of the molecule is CC(C)OC(=O)OCOP1(=O)OC[C@H]2O[C@@H](c3scc4c(=O)[nH]c(N)nc34)[C@@H](C)[C@@H]2O1. The number of thiophene rings is 1. The fraction of sp³-hybridized carbons (Fsp3) is 0.588. The highest BCUT2D eigenvalue weighted by Gasteiger charge is 2.52. The zero-order valence-electron chi connectivity index (χ0n) is 16.9. The molecular weight excluding hydrogens is 453 g/mol. The molecule has 2 aromatic heterocycles. The van der Waals surface area contributed by atoms with Crippen molar-refractivity contribution >= 4 is 42.2 Å². The van der Waals surface area contributed by atoms with Crippen LogP contribution in [-0.4, -0.2) is 47.8 Å². The van der Waals surface area contributed by atoms with Crippen LogP contribution in [0.5, 0.6) is 0 Å². The average molecular weight is 475 g/mol. The van der Waals surface area contributed by atoms with Gasteiger partial charge in [-0.05, 0) is 13.8 Å². The molecule has 2 fully saturated rings. The molecule has 5 atom stereocenters. The first kappa shape index (κ1) is 22.2. The number of aromatic amines is 1. The maximum absolute atomic E-state index is 12.8. The highest BCUT2D eigenvalue weighted by molar-refractivity contribution is 7.48. The third-order valence-corrected chi connectivity index (χ3v) is 7.24. The lowest BCUT2D eigenvalue weighted by Gasteiger charge is -2.31. The van der Waals surface area contributed by atoms with E-state index in [2.05, 4.69) is 9.97 Å². The topological polar surface area (TPSA) is 161 Å². The second kappa shape index (κ2) is 8.49. The largest absolute Gasteiger partial charge is 0.510 e. The van der Waals surface area contributed by atoms with Gasteiger partial charge in [-0.25, -0.2) is 18.9 Å². The first-order valence-corrected chi connectivity index (χ1v) is 11.8. The summed E-state index contributed by atoms with van der Waals surface area (Å²) < 4.78 is 44.3. The smallest absolute Gasteiger partial charge is 0.432 e. The summed E-state index contributed by atoms with van der Waals surface area (Å²) in [6.07, 6.45) is -2.91. The third kappa shape index (κ3) is 4.47. The van der Waals surface area contributed by atoms with Gasteiger partial charge in [-0.15, -0.1) is 11.3 Å². The van der Waals surface area contributed by atoms with Crippen LogP contribution >= 0.6 is 19.2 Å². The Bertz CT molecular complexity index is 1090. The predicted octanol–water partition coefficient (Wildman–Crippen LogP) is 2.70. The van der Waals surface area contributed by atoms with Crippen molar-refractivity contribution in [2.45, 2.75) is 45.2 Å². The summed E-state index contributed by atoms with van der Waals surface area (Å²) in [5.74, 6) is -0.254.